The molecule has 0 radical (unpaired) electrons. The predicted octanol–water partition coefficient (Wildman–Crippen LogP) is 4.43. The lowest BCUT2D eigenvalue weighted by Crippen LogP contribution is -2.07. The Balaban J connectivity index is 2.08. The highest BCUT2D eigenvalue weighted by Gasteiger charge is 2.68. The molecule has 1 aromatic heterocycles. The molecule has 1 fully saturated rings. The highest BCUT2D eigenvalue weighted by molar-refractivity contribution is 6.12. The summed E-state index contributed by atoms with van der Waals surface area (Å²) in [4.78, 5) is 16.2. The van der Waals surface area contributed by atoms with Crippen molar-refractivity contribution in [2.75, 3.05) is 6.61 Å². The minimum absolute atomic E-state index is 0.0498. The van der Waals surface area contributed by atoms with Crippen LogP contribution in [0.15, 0.2) is 24.4 Å². The van der Waals surface area contributed by atoms with Gasteiger partial charge in [0, 0.05) is 23.2 Å². The summed E-state index contributed by atoms with van der Waals surface area (Å²) in [7, 11) is 0. The highest BCUT2D eigenvalue weighted by Crippen LogP contribution is 2.69. The molecule has 3 heteroatoms. The van der Waals surface area contributed by atoms with E-state index in [1.165, 1.54) is 0 Å². The Morgan fingerprint density at radius 2 is 1.90 bits per heavy atom. The second-order valence-electron chi connectivity index (χ2n) is 7.05. The van der Waals surface area contributed by atoms with Crippen LogP contribution >= 0.6 is 0 Å². The number of benzene rings is 1. The van der Waals surface area contributed by atoms with Crippen molar-refractivity contribution in [2.24, 2.45) is 16.7 Å². The number of hydrogen-bond donors (Lipinski definition) is 1. The lowest BCUT2D eigenvalue weighted by molar-refractivity contribution is 0.0946. The molecule has 0 saturated heterocycles. The normalized spacial score (nSPS) is 19.7. The van der Waals surface area contributed by atoms with Gasteiger partial charge < -0.3 is 9.72 Å². The molecule has 1 aliphatic carbocycles. The van der Waals surface area contributed by atoms with Gasteiger partial charge in [-0.15, -0.1) is 0 Å². The monoisotopic (exact) mass is 285 g/mol. The van der Waals surface area contributed by atoms with Crippen molar-refractivity contribution in [3.63, 3.8) is 0 Å². The number of ketones is 1. The van der Waals surface area contributed by atoms with Crippen molar-refractivity contribution in [3.05, 3.63) is 30.0 Å². The van der Waals surface area contributed by atoms with Crippen LogP contribution in [0.1, 0.15) is 45.0 Å². The number of H-pyrrole nitrogens is 1. The average Bonchev–Trinajstić information content (AvgIpc) is 2.76. The maximum absolute atomic E-state index is 13.0. The molecular weight excluding hydrogens is 262 g/mol. The Labute approximate surface area is 125 Å². The zero-order valence-corrected chi connectivity index (χ0v) is 13.4. The lowest BCUT2D eigenvalue weighted by Gasteiger charge is -2.07. The van der Waals surface area contributed by atoms with Crippen molar-refractivity contribution >= 4 is 16.7 Å². The Kier molecular flexibility index (Phi) is 2.94. The third kappa shape index (κ3) is 1.83. The molecule has 1 aliphatic rings. The van der Waals surface area contributed by atoms with Gasteiger partial charge in [0.05, 0.1) is 12.0 Å². The van der Waals surface area contributed by atoms with Crippen LogP contribution in [0.5, 0.6) is 5.75 Å². The first kappa shape index (κ1) is 14.2. The van der Waals surface area contributed by atoms with Crippen LogP contribution in [0.25, 0.3) is 10.9 Å². The summed E-state index contributed by atoms with van der Waals surface area (Å²) in [5.74, 6) is 1.08. The molecule has 3 nitrogen and oxygen atoms in total. The number of aromatic amines is 1. The molecule has 1 heterocycles. The highest BCUT2D eigenvalue weighted by atomic mass is 16.5. The maximum atomic E-state index is 13.0. The molecule has 0 aliphatic heterocycles. The Morgan fingerprint density at radius 1 is 1.24 bits per heavy atom. The third-order valence-electron chi connectivity index (χ3n) is 5.52. The van der Waals surface area contributed by atoms with Gasteiger partial charge in [-0.25, -0.2) is 0 Å². The predicted molar refractivity (Wildman–Crippen MR) is 84.9 cm³/mol. The number of fused-ring (bicyclic) bond motifs is 1. The summed E-state index contributed by atoms with van der Waals surface area (Å²) < 4.78 is 5.70. The Morgan fingerprint density at radius 3 is 2.48 bits per heavy atom. The number of nitrogens with one attached hydrogen (secondary N) is 1. The molecule has 2 aromatic rings. The van der Waals surface area contributed by atoms with Crippen LogP contribution in [-0.4, -0.2) is 17.4 Å². The number of Topliss-reactive ketones (excluding diaryl/α,β-unsaturated/α-hetero) is 1. The van der Waals surface area contributed by atoms with E-state index < -0.39 is 0 Å². The minimum Gasteiger partial charge on any atom is -0.493 e. The van der Waals surface area contributed by atoms with Crippen molar-refractivity contribution in [2.45, 2.75) is 34.6 Å². The largest absolute Gasteiger partial charge is 0.493 e. The number of ether oxygens (including phenoxy) is 1. The summed E-state index contributed by atoms with van der Waals surface area (Å²) in [5, 5.41) is 0.919. The van der Waals surface area contributed by atoms with Gasteiger partial charge in [0.1, 0.15) is 5.75 Å². The van der Waals surface area contributed by atoms with E-state index in [1.807, 2.05) is 31.3 Å². The zero-order valence-electron chi connectivity index (χ0n) is 13.4. The van der Waals surface area contributed by atoms with Gasteiger partial charge in [0.15, 0.2) is 5.78 Å². The molecular formula is C18H23NO2. The number of rotatable bonds is 4. The van der Waals surface area contributed by atoms with Gasteiger partial charge in [-0.2, -0.15) is 0 Å². The molecule has 0 spiro atoms. The van der Waals surface area contributed by atoms with Crippen LogP contribution < -0.4 is 4.74 Å². The summed E-state index contributed by atoms with van der Waals surface area (Å²) in [5.41, 5.74) is 1.82. The van der Waals surface area contributed by atoms with Gasteiger partial charge >= 0.3 is 0 Å². The van der Waals surface area contributed by atoms with Crippen molar-refractivity contribution in [1.82, 2.24) is 4.98 Å². The molecule has 1 N–H and O–H groups in total. The summed E-state index contributed by atoms with van der Waals surface area (Å²) in [6.45, 7) is 11.3. The maximum Gasteiger partial charge on any atom is 0.169 e. The summed E-state index contributed by atoms with van der Waals surface area (Å²) >= 11 is 0. The topological polar surface area (TPSA) is 42.1 Å². The van der Waals surface area contributed by atoms with E-state index in [-0.39, 0.29) is 22.5 Å². The summed E-state index contributed by atoms with van der Waals surface area (Å²) in [6.07, 6.45) is 1.83. The molecule has 21 heavy (non-hydrogen) atoms. The van der Waals surface area contributed by atoms with Crippen LogP contribution in [0.4, 0.5) is 0 Å². The van der Waals surface area contributed by atoms with Crippen LogP contribution in [0.3, 0.4) is 0 Å². The fourth-order valence-corrected chi connectivity index (χ4v) is 3.63. The Hall–Kier alpha value is -1.77. The van der Waals surface area contributed by atoms with Crippen LogP contribution in [0, 0.1) is 16.7 Å². The smallest absolute Gasteiger partial charge is 0.169 e. The van der Waals surface area contributed by atoms with Gasteiger partial charge in [0.25, 0.3) is 0 Å². The quantitative estimate of drug-likeness (QED) is 0.844. The first-order chi connectivity index (χ1) is 9.82. The number of carbonyl (C=O) groups is 1. The van der Waals surface area contributed by atoms with E-state index in [0.717, 1.165) is 22.2 Å². The first-order valence-corrected chi connectivity index (χ1v) is 7.59. The molecule has 0 unspecified atom stereocenters. The Bertz CT molecular complexity index is 695. The number of hydrogen-bond acceptors (Lipinski definition) is 2. The molecule has 1 saturated carbocycles. The second-order valence-corrected chi connectivity index (χ2v) is 7.05. The van der Waals surface area contributed by atoms with Gasteiger partial charge in [-0.05, 0) is 29.9 Å². The molecule has 3 rings (SSSR count). The molecule has 0 amide bonds. The van der Waals surface area contributed by atoms with E-state index >= 15 is 0 Å². The molecule has 0 atom stereocenters. The van der Waals surface area contributed by atoms with E-state index in [2.05, 4.69) is 32.7 Å². The van der Waals surface area contributed by atoms with E-state index in [9.17, 15) is 4.79 Å². The third-order valence-corrected chi connectivity index (χ3v) is 5.52. The number of carbonyl (C=O) groups excluding carboxylic acids is 1. The van der Waals surface area contributed by atoms with E-state index in [0.29, 0.717) is 6.61 Å². The fraction of sp³-hybridized carbons (Fsp3) is 0.500. The molecule has 112 valence electrons. The van der Waals surface area contributed by atoms with Gasteiger partial charge in [-0.3, -0.25) is 4.79 Å². The van der Waals surface area contributed by atoms with Crippen molar-refractivity contribution in [1.29, 1.82) is 0 Å². The summed E-state index contributed by atoms with van der Waals surface area (Å²) in [6, 6.07) is 5.86. The van der Waals surface area contributed by atoms with Gasteiger partial charge in [0.2, 0.25) is 0 Å². The number of aromatic nitrogens is 1. The van der Waals surface area contributed by atoms with E-state index in [4.69, 9.17) is 4.74 Å². The van der Waals surface area contributed by atoms with E-state index in [1.54, 1.807) is 0 Å². The SMILES string of the molecule is CCOc1cccc2[nH]cc(C(=O)C3C(C)(C)C3(C)C)c12. The van der Waals surface area contributed by atoms with Gasteiger partial charge in [-0.1, -0.05) is 33.8 Å². The standard InChI is InChI=1S/C18H23NO2/c1-6-21-13-9-7-8-12-14(13)11(10-19-12)15(20)16-17(2,3)18(16,4)5/h7-10,16,19H,6H2,1-5H3. The zero-order chi connectivity index (χ0) is 15.4. The van der Waals surface area contributed by atoms with Crippen LogP contribution in [0.2, 0.25) is 0 Å². The second kappa shape index (κ2) is 4.36. The molecule has 0 bridgehead atoms. The molecule has 1 aromatic carbocycles. The average molecular weight is 285 g/mol. The van der Waals surface area contributed by atoms with Crippen molar-refractivity contribution < 1.29 is 9.53 Å². The lowest BCUT2D eigenvalue weighted by atomic mass is 10.0. The van der Waals surface area contributed by atoms with Crippen molar-refractivity contribution in [3.8, 4) is 5.75 Å². The minimum atomic E-state index is 0.0498. The van der Waals surface area contributed by atoms with Crippen LogP contribution in [-0.2, 0) is 0 Å². The fourth-order valence-electron chi connectivity index (χ4n) is 3.63. The first-order valence-electron chi connectivity index (χ1n) is 7.59.